The highest BCUT2D eigenvalue weighted by molar-refractivity contribution is 5.78. The van der Waals surface area contributed by atoms with Crippen LogP contribution in [-0.2, 0) is 11.2 Å². The zero-order valence-electron chi connectivity index (χ0n) is 11.3. The Balaban J connectivity index is 2.52. The standard InChI is InChI=1S/C14H22N2O2/c1-4-11-7-5-6-8-12(11)18-9-13(17)16-14(2,3)10-15/h5-8H,4,9-10,15H2,1-3H3,(H,16,17). The fourth-order valence-corrected chi connectivity index (χ4v) is 1.54. The molecule has 4 nitrogen and oxygen atoms in total. The number of amides is 1. The lowest BCUT2D eigenvalue weighted by Gasteiger charge is -2.24. The summed E-state index contributed by atoms with van der Waals surface area (Å²) in [6.45, 7) is 6.22. The third kappa shape index (κ3) is 4.37. The van der Waals surface area contributed by atoms with Crippen molar-refractivity contribution in [2.75, 3.05) is 13.2 Å². The Kier molecular flexibility index (Phi) is 5.16. The number of ether oxygens (including phenoxy) is 1. The van der Waals surface area contributed by atoms with E-state index >= 15 is 0 Å². The van der Waals surface area contributed by atoms with Crippen LogP contribution in [0.2, 0.25) is 0 Å². The van der Waals surface area contributed by atoms with E-state index in [0.717, 1.165) is 17.7 Å². The summed E-state index contributed by atoms with van der Waals surface area (Å²) in [4.78, 5) is 11.7. The molecule has 0 aliphatic carbocycles. The number of benzene rings is 1. The number of carbonyl (C=O) groups is 1. The summed E-state index contributed by atoms with van der Waals surface area (Å²) in [6.07, 6.45) is 0.881. The molecule has 18 heavy (non-hydrogen) atoms. The topological polar surface area (TPSA) is 64.3 Å². The van der Waals surface area contributed by atoms with Gasteiger partial charge in [0.25, 0.3) is 5.91 Å². The number of para-hydroxylation sites is 1. The van der Waals surface area contributed by atoms with Gasteiger partial charge in [-0.25, -0.2) is 0 Å². The van der Waals surface area contributed by atoms with E-state index in [1.807, 2.05) is 38.1 Å². The van der Waals surface area contributed by atoms with Crippen molar-refractivity contribution in [3.05, 3.63) is 29.8 Å². The van der Waals surface area contributed by atoms with Crippen LogP contribution < -0.4 is 15.8 Å². The predicted molar refractivity (Wildman–Crippen MR) is 72.6 cm³/mol. The van der Waals surface area contributed by atoms with Crippen LogP contribution in [0.1, 0.15) is 26.3 Å². The Bertz CT molecular complexity index is 403. The Morgan fingerprint density at radius 3 is 2.67 bits per heavy atom. The fourth-order valence-electron chi connectivity index (χ4n) is 1.54. The van der Waals surface area contributed by atoms with E-state index in [1.54, 1.807) is 0 Å². The summed E-state index contributed by atoms with van der Waals surface area (Å²) in [5.74, 6) is 0.608. The molecular formula is C14H22N2O2. The molecule has 0 heterocycles. The number of rotatable bonds is 6. The molecule has 4 heteroatoms. The van der Waals surface area contributed by atoms with Crippen molar-refractivity contribution in [2.45, 2.75) is 32.7 Å². The molecule has 0 aromatic heterocycles. The Hall–Kier alpha value is -1.55. The Morgan fingerprint density at radius 2 is 2.06 bits per heavy atom. The monoisotopic (exact) mass is 250 g/mol. The molecule has 0 saturated carbocycles. The molecule has 0 fully saturated rings. The van der Waals surface area contributed by atoms with E-state index in [2.05, 4.69) is 12.2 Å². The van der Waals surface area contributed by atoms with Gasteiger partial charge >= 0.3 is 0 Å². The molecule has 0 bridgehead atoms. The molecule has 0 aliphatic rings. The van der Waals surface area contributed by atoms with E-state index in [0.29, 0.717) is 6.54 Å². The molecule has 100 valence electrons. The van der Waals surface area contributed by atoms with Crippen LogP contribution in [0.5, 0.6) is 5.75 Å². The Morgan fingerprint density at radius 1 is 1.39 bits per heavy atom. The van der Waals surface area contributed by atoms with Crippen molar-refractivity contribution >= 4 is 5.91 Å². The van der Waals surface area contributed by atoms with Crippen molar-refractivity contribution in [3.8, 4) is 5.75 Å². The Labute approximate surface area is 109 Å². The van der Waals surface area contributed by atoms with Crippen LogP contribution in [-0.4, -0.2) is 24.6 Å². The first kappa shape index (κ1) is 14.5. The third-order valence-corrected chi connectivity index (χ3v) is 2.70. The summed E-state index contributed by atoms with van der Waals surface area (Å²) in [5, 5.41) is 2.82. The van der Waals surface area contributed by atoms with Crippen LogP contribution >= 0.6 is 0 Å². The van der Waals surface area contributed by atoms with Gasteiger partial charge in [0, 0.05) is 12.1 Å². The molecule has 1 rings (SSSR count). The molecule has 0 saturated heterocycles. The summed E-state index contributed by atoms with van der Waals surface area (Å²) in [6, 6.07) is 7.73. The quantitative estimate of drug-likeness (QED) is 0.804. The molecule has 1 aromatic carbocycles. The second-order valence-electron chi connectivity index (χ2n) is 4.89. The summed E-state index contributed by atoms with van der Waals surface area (Å²) in [5.41, 5.74) is 6.25. The van der Waals surface area contributed by atoms with Crippen LogP contribution in [0, 0.1) is 0 Å². The van der Waals surface area contributed by atoms with Gasteiger partial charge in [0.1, 0.15) is 5.75 Å². The van der Waals surface area contributed by atoms with Crippen LogP contribution in [0.3, 0.4) is 0 Å². The van der Waals surface area contributed by atoms with Gasteiger partial charge in [-0.3, -0.25) is 4.79 Å². The van der Waals surface area contributed by atoms with E-state index < -0.39 is 5.54 Å². The minimum absolute atomic E-state index is 0.0143. The number of aryl methyl sites for hydroxylation is 1. The maximum Gasteiger partial charge on any atom is 0.258 e. The summed E-state index contributed by atoms with van der Waals surface area (Å²) in [7, 11) is 0. The van der Waals surface area contributed by atoms with Gasteiger partial charge in [0.05, 0.1) is 0 Å². The van der Waals surface area contributed by atoms with Crippen LogP contribution in [0.25, 0.3) is 0 Å². The van der Waals surface area contributed by atoms with E-state index in [4.69, 9.17) is 10.5 Å². The largest absolute Gasteiger partial charge is 0.483 e. The van der Waals surface area contributed by atoms with Gasteiger partial charge in [-0.1, -0.05) is 25.1 Å². The maximum atomic E-state index is 11.7. The molecule has 0 unspecified atom stereocenters. The zero-order valence-corrected chi connectivity index (χ0v) is 11.3. The predicted octanol–water partition coefficient (Wildman–Crippen LogP) is 1.48. The van der Waals surface area contributed by atoms with Gasteiger partial charge in [-0.05, 0) is 31.9 Å². The van der Waals surface area contributed by atoms with Crippen molar-refractivity contribution in [1.29, 1.82) is 0 Å². The molecule has 1 amide bonds. The average Bonchev–Trinajstić information content (AvgIpc) is 2.36. The first-order chi connectivity index (χ1) is 8.48. The van der Waals surface area contributed by atoms with E-state index in [9.17, 15) is 4.79 Å². The van der Waals surface area contributed by atoms with Gasteiger partial charge in [-0.2, -0.15) is 0 Å². The van der Waals surface area contributed by atoms with Gasteiger partial charge in [0.2, 0.25) is 0 Å². The zero-order chi connectivity index (χ0) is 13.6. The fraction of sp³-hybridized carbons (Fsp3) is 0.500. The lowest BCUT2D eigenvalue weighted by atomic mass is 10.1. The number of carbonyl (C=O) groups excluding carboxylic acids is 1. The number of hydrogen-bond donors (Lipinski definition) is 2. The number of nitrogens with one attached hydrogen (secondary N) is 1. The van der Waals surface area contributed by atoms with Gasteiger partial charge < -0.3 is 15.8 Å². The summed E-state index contributed by atoms with van der Waals surface area (Å²) < 4.78 is 5.53. The normalized spacial score (nSPS) is 11.1. The SMILES string of the molecule is CCc1ccccc1OCC(=O)NC(C)(C)CN. The molecule has 3 N–H and O–H groups in total. The van der Waals surface area contributed by atoms with Crippen molar-refractivity contribution in [3.63, 3.8) is 0 Å². The van der Waals surface area contributed by atoms with Crippen molar-refractivity contribution in [2.24, 2.45) is 5.73 Å². The van der Waals surface area contributed by atoms with Crippen molar-refractivity contribution in [1.82, 2.24) is 5.32 Å². The maximum absolute atomic E-state index is 11.7. The van der Waals surface area contributed by atoms with Gasteiger partial charge in [-0.15, -0.1) is 0 Å². The highest BCUT2D eigenvalue weighted by Crippen LogP contribution is 2.17. The highest BCUT2D eigenvalue weighted by Gasteiger charge is 2.18. The lowest BCUT2D eigenvalue weighted by Crippen LogP contribution is -2.50. The van der Waals surface area contributed by atoms with Crippen LogP contribution in [0.4, 0.5) is 0 Å². The minimum atomic E-state index is -0.398. The molecule has 0 atom stereocenters. The van der Waals surface area contributed by atoms with Gasteiger partial charge in [0.15, 0.2) is 6.61 Å². The van der Waals surface area contributed by atoms with Crippen molar-refractivity contribution < 1.29 is 9.53 Å². The third-order valence-electron chi connectivity index (χ3n) is 2.70. The summed E-state index contributed by atoms with van der Waals surface area (Å²) >= 11 is 0. The average molecular weight is 250 g/mol. The minimum Gasteiger partial charge on any atom is -0.483 e. The molecule has 1 aromatic rings. The second-order valence-corrected chi connectivity index (χ2v) is 4.89. The molecule has 0 aliphatic heterocycles. The molecular weight excluding hydrogens is 228 g/mol. The number of hydrogen-bond acceptors (Lipinski definition) is 3. The van der Waals surface area contributed by atoms with Crippen LogP contribution in [0.15, 0.2) is 24.3 Å². The first-order valence-electron chi connectivity index (χ1n) is 6.20. The molecule has 0 radical (unpaired) electrons. The molecule has 0 spiro atoms. The smallest absolute Gasteiger partial charge is 0.258 e. The van der Waals surface area contributed by atoms with E-state index in [1.165, 1.54) is 0 Å². The lowest BCUT2D eigenvalue weighted by molar-refractivity contribution is -0.124. The second kappa shape index (κ2) is 6.40. The first-order valence-corrected chi connectivity index (χ1v) is 6.20. The highest BCUT2D eigenvalue weighted by atomic mass is 16.5. The number of nitrogens with two attached hydrogens (primary N) is 1. The van der Waals surface area contributed by atoms with E-state index in [-0.39, 0.29) is 12.5 Å².